The first-order chi connectivity index (χ1) is 12.7. The van der Waals surface area contributed by atoms with Crippen LogP contribution in [-0.4, -0.2) is 19.9 Å². The number of aryl methyl sites for hydroxylation is 1. The number of nitrogens with zero attached hydrogens (tertiary/aromatic N) is 3. The van der Waals surface area contributed by atoms with Crippen molar-refractivity contribution in [3.63, 3.8) is 0 Å². The minimum atomic E-state index is -0.00556. The van der Waals surface area contributed by atoms with E-state index < -0.39 is 0 Å². The molecule has 0 bridgehead atoms. The summed E-state index contributed by atoms with van der Waals surface area (Å²) in [6.07, 6.45) is 5.33. The SMILES string of the molecule is Cc1ccc(CO)cc1Nc1ncc(-c2ccc(-n3cccn3)cc2)o1. The van der Waals surface area contributed by atoms with Crippen molar-refractivity contribution in [3.05, 3.63) is 78.2 Å². The van der Waals surface area contributed by atoms with Gasteiger partial charge < -0.3 is 14.8 Å². The van der Waals surface area contributed by atoms with E-state index in [0.29, 0.717) is 11.8 Å². The Bertz CT molecular complexity index is 1000. The maximum atomic E-state index is 9.29. The largest absolute Gasteiger partial charge is 0.423 e. The molecule has 130 valence electrons. The Morgan fingerprint density at radius 1 is 1.15 bits per heavy atom. The summed E-state index contributed by atoms with van der Waals surface area (Å²) >= 11 is 0. The van der Waals surface area contributed by atoms with Crippen LogP contribution in [0.4, 0.5) is 11.7 Å². The average Bonchev–Trinajstić information content (AvgIpc) is 3.36. The Balaban J connectivity index is 1.55. The smallest absolute Gasteiger partial charge is 0.299 e. The number of hydrogen-bond donors (Lipinski definition) is 2. The van der Waals surface area contributed by atoms with Gasteiger partial charge in [0.1, 0.15) is 0 Å². The van der Waals surface area contributed by atoms with Gasteiger partial charge in [0.2, 0.25) is 0 Å². The molecule has 6 heteroatoms. The molecule has 0 saturated heterocycles. The molecule has 0 aliphatic carbocycles. The number of oxazole rings is 1. The normalized spacial score (nSPS) is 10.8. The fourth-order valence-electron chi connectivity index (χ4n) is 2.68. The van der Waals surface area contributed by atoms with Crippen LogP contribution in [0.15, 0.2) is 71.5 Å². The van der Waals surface area contributed by atoms with Gasteiger partial charge >= 0.3 is 0 Å². The highest BCUT2D eigenvalue weighted by Crippen LogP contribution is 2.27. The number of hydrogen-bond acceptors (Lipinski definition) is 5. The summed E-state index contributed by atoms with van der Waals surface area (Å²) in [7, 11) is 0. The highest BCUT2D eigenvalue weighted by atomic mass is 16.4. The molecular weight excluding hydrogens is 328 g/mol. The van der Waals surface area contributed by atoms with Gasteiger partial charge in [0.15, 0.2) is 5.76 Å². The van der Waals surface area contributed by atoms with E-state index in [9.17, 15) is 5.11 Å². The Hall–Kier alpha value is -3.38. The third-order valence-electron chi connectivity index (χ3n) is 4.15. The fourth-order valence-corrected chi connectivity index (χ4v) is 2.68. The predicted molar refractivity (Wildman–Crippen MR) is 99.4 cm³/mol. The minimum absolute atomic E-state index is 0.00556. The number of anilines is 2. The molecule has 0 radical (unpaired) electrons. The standard InChI is InChI=1S/C20H18N4O2/c1-14-3-4-15(13-25)11-18(14)23-20-21-12-19(26-20)16-5-7-17(8-6-16)24-10-2-9-22-24/h2-12,25H,13H2,1H3,(H,21,23). The van der Waals surface area contributed by atoms with Gasteiger partial charge in [-0.1, -0.05) is 12.1 Å². The van der Waals surface area contributed by atoms with Gasteiger partial charge in [-0.05, 0) is 54.4 Å². The van der Waals surface area contributed by atoms with Gasteiger partial charge in [-0.15, -0.1) is 0 Å². The Morgan fingerprint density at radius 3 is 2.73 bits per heavy atom. The third-order valence-corrected chi connectivity index (χ3v) is 4.15. The predicted octanol–water partition coefficient (Wildman–Crippen LogP) is 4.07. The van der Waals surface area contributed by atoms with Gasteiger partial charge in [0.05, 0.1) is 18.5 Å². The molecule has 0 amide bonds. The first kappa shape index (κ1) is 16.1. The van der Waals surface area contributed by atoms with Crippen LogP contribution in [0.1, 0.15) is 11.1 Å². The quantitative estimate of drug-likeness (QED) is 0.570. The zero-order valence-electron chi connectivity index (χ0n) is 14.3. The van der Waals surface area contributed by atoms with E-state index >= 15 is 0 Å². The van der Waals surface area contributed by atoms with Crippen molar-refractivity contribution in [2.75, 3.05) is 5.32 Å². The molecular formula is C20H18N4O2. The summed E-state index contributed by atoms with van der Waals surface area (Å²) in [5.41, 5.74) is 4.65. The molecule has 2 aromatic carbocycles. The van der Waals surface area contributed by atoms with E-state index in [4.69, 9.17) is 4.42 Å². The van der Waals surface area contributed by atoms with E-state index in [1.54, 1.807) is 17.1 Å². The molecule has 2 aromatic heterocycles. The number of aliphatic hydroxyl groups excluding tert-OH is 1. The Morgan fingerprint density at radius 2 is 2.00 bits per heavy atom. The van der Waals surface area contributed by atoms with Crippen LogP contribution in [-0.2, 0) is 6.61 Å². The van der Waals surface area contributed by atoms with Crippen molar-refractivity contribution >= 4 is 11.7 Å². The van der Waals surface area contributed by atoms with Crippen molar-refractivity contribution in [1.82, 2.24) is 14.8 Å². The summed E-state index contributed by atoms with van der Waals surface area (Å²) in [6, 6.07) is 15.9. The molecule has 0 spiro atoms. The lowest BCUT2D eigenvalue weighted by atomic mass is 10.1. The van der Waals surface area contributed by atoms with E-state index in [0.717, 1.165) is 28.1 Å². The van der Waals surface area contributed by atoms with Crippen LogP contribution < -0.4 is 5.32 Å². The second-order valence-corrected chi connectivity index (χ2v) is 5.96. The maximum Gasteiger partial charge on any atom is 0.299 e. The first-order valence-electron chi connectivity index (χ1n) is 8.26. The van der Waals surface area contributed by atoms with Gasteiger partial charge in [-0.25, -0.2) is 9.67 Å². The molecule has 26 heavy (non-hydrogen) atoms. The summed E-state index contributed by atoms with van der Waals surface area (Å²) in [4.78, 5) is 4.30. The molecule has 0 fully saturated rings. The monoisotopic (exact) mass is 346 g/mol. The number of rotatable bonds is 5. The lowest BCUT2D eigenvalue weighted by Gasteiger charge is -2.07. The highest BCUT2D eigenvalue weighted by molar-refractivity contribution is 5.62. The zero-order chi connectivity index (χ0) is 17.9. The summed E-state index contributed by atoms with van der Waals surface area (Å²) in [5, 5.41) is 16.7. The Labute approximate surface area is 150 Å². The van der Waals surface area contributed by atoms with Crippen LogP contribution >= 0.6 is 0 Å². The van der Waals surface area contributed by atoms with Crippen molar-refractivity contribution in [1.29, 1.82) is 0 Å². The molecule has 4 aromatic rings. The van der Waals surface area contributed by atoms with Crippen LogP contribution in [0.3, 0.4) is 0 Å². The molecule has 0 saturated carbocycles. The zero-order valence-corrected chi connectivity index (χ0v) is 14.3. The number of aliphatic hydroxyl groups is 1. The number of nitrogens with one attached hydrogen (secondary N) is 1. The van der Waals surface area contributed by atoms with Gasteiger partial charge in [-0.2, -0.15) is 5.10 Å². The third kappa shape index (κ3) is 3.22. The molecule has 6 nitrogen and oxygen atoms in total. The van der Waals surface area contributed by atoms with Crippen molar-refractivity contribution in [3.8, 4) is 17.0 Å². The lowest BCUT2D eigenvalue weighted by molar-refractivity contribution is 0.282. The second kappa shape index (κ2) is 6.85. The minimum Gasteiger partial charge on any atom is -0.423 e. The molecule has 2 heterocycles. The van der Waals surface area contributed by atoms with E-state index in [1.807, 2.05) is 61.7 Å². The molecule has 0 unspecified atom stereocenters. The van der Waals surface area contributed by atoms with Crippen LogP contribution in [0.2, 0.25) is 0 Å². The summed E-state index contributed by atoms with van der Waals surface area (Å²) in [6.45, 7) is 1.98. The molecule has 0 aliphatic heterocycles. The average molecular weight is 346 g/mol. The van der Waals surface area contributed by atoms with Crippen LogP contribution in [0, 0.1) is 6.92 Å². The van der Waals surface area contributed by atoms with Crippen molar-refractivity contribution in [2.45, 2.75) is 13.5 Å². The second-order valence-electron chi connectivity index (χ2n) is 5.96. The van der Waals surface area contributed by atoms with Gasteiger partial charge in [0, 0.05) is 23.6 Å². The van der Waals surface area contributed by atoms with Crippen LogP contribution in [0.5, 0.6) is 0 Å². The lowest BCUT2D eigenvalue weighted by Crippen LogP contribution is -1.95. The first-order valence-corrected chi connectivity index (χ1v) is 8.26. The maximum absolute atomic E-state index is 9.29. The molecule has 0 atom stereocenters. The summed E-state index contributed by atoms with van der Waals surface area (Å²) < 4.78 is 7.63. The topological polar surface area (TPSA) is 76.1 Å². The number of aromatic nitrogens is 3. The molecule has 0 aliphatic rings. The summed E-state index contributed by atoms with van der Waals surface area (Å²) in [5.74, 6) is 0.676. The fraction of sp³-hybridized carbons (Fsp3) is 0.100. The molecule has 4 rings (SSSR count). The van der Waals surface area contributed by atoms with Gasteiger partial charge in [-0.3, -0.25) is 0 Å². The van der Waals surface area contributed by atoms with Gasteiger partial charge in [0.25, 0.3) is 6.01 Å². The van der Waals surface area contributed by atoms with Crippen molar-refractivity contribution < 1.29 is 9.52 Å². The van der Waals surface area contributed by atoms with E-state index in [2.05, 4.69) is 15.4 Å². The number of benzene rings is 2. The van der Waals surface area contributed by atoms with Crippen molar-refractivity contribution in [2.24, 2.45) is 0 Å². The highest BCUT2D eigenvalue weighted by Gasteiger charge is 2.09. The van der Waals surface area contributed by atoms with E-state index in [-0.39, 0.29) is 6.61 Å². The van der Waals surface area contributed by atoms with E-state index in [1.165, 1.54) is 0 Å². The Kier molecular flexibility index (Phi) is 4.25. The molecule has 2 N–H and O–H groups in total. The van der Waals surface area contributed by atoms with Crippen LogP contribution in [0.25, 0.3) is 17.0 Å².